The number of amides is 1. The Hall–Kier alpha value is -3.17. The molecular formula is C18H17F3N4O3. The molecule has 28 heavy (non-hydrogen) atoms. The van der Waals surface area contributed by atoms with Crippen LogP contribution in [0.2, 0.25) is 0 Å². The Kier molecular flexibility index (Phi) is 5.21. The number of halogens is 3. The van der Waals surface area contributed by atoms with E-state index in [-0.39, 0.29) is 42.3 Å². The van der Waals surface area contributed by atoms with Gasteiger partial charge in [-0.25, -0.2) is 9.67 Å². The van der Waals surface area contributed by atoms with Crippen LogP contribution in [0.4, 0.5) is 13.2 Å². The largest absolute Gasteiger partial charge is 0.469 e. The summed E-state index contributed by atoms with van der Waals surface area (Å²) in [5.41, 5.74) is -0.109. The van der Waals surface area contributed by atoms with Crippen molar-refractivity contribution < 1.29 is 27.5 Å². The second-order valence-corrected chi connectivity index (χ2v) is 6.41. The minimum absolute atomic E-state index is 0.112. The second-order valence-electron chi connectivity index (χ2n) is 6.41. The summed E-state index contributed by atoms with van der Waals surface area (Å²) in [4.78, 5) is 28.8. The van der Waals surface area contributed by atoms with Crippen molar-refractivity contribution in [3.05, 3.63) is 41.7 Å². The van der Waals surface area contributed by atoms with Crippen molar-refractivity contribution in [3.63, 3.8) is 0 Å². The highest BCUT2D eigenvalue weighted by Crippen LogP contribution is 2.32. The van der Waals surface area contributed by atoms with Crippen molar-refractivity contribution in [1.82, 2.24) is 19.7 Å². The fourth-order valence-electron chi connectivity index (χ4n) is 2.77. The molecule has 1 saturated heterocycles. The molecule has 0 radical (unpaired) electrons. The van der Waals surface area contributed by atoms with Crippen LogP contribution in [0.15, 0.2) is 30.6 Å². The predicted octanol–water partition coefficient (Wildman–Crippen LogP) is 2.37. The molecule has 7 nitrogen and oxygen atoms in total. The van der Waals surface area contributed by atoms with Gasteiger partial charge in [0.15, 0.2) is 5.82 Å². The molecule has 1 amide bonds. The first-order valence-corrected chi connectivity index (χ1v) is 8.32. The maximum Gasteiger partial charge on any atom is 0.416 e. The van der Waals surface area contributed by atoms with E-state index in [2.05, 4.69) is 14.8 Å². The molecule has 1 aliphatic heterocycles. The minimum Gasteiger partial charge on any atom is -0.469 e. The van der Waals surface area contributed by atoms with Crippen molar-refractivity contribution in [1.29, 1.82) is 0 Å². The lowest BCUT2D eigenvalue weighted by Gasteiger charge is -2.36. The molecule has 1 aromatic carbocycles. The van der Waals surface area contributed by atoms with Crippen LogP contribution in [0, 0.1) is 12.8 Å². The lowest BCUT2D eigenvalue weighted by molar-refractivity contribution is -0.154. The maximum absolute atomic E-state index is 13.0. The SMILES string of the molecule is COC(=O)C1CN(C(=O)/C=C\n2cnc(-c3cc(C)cc(C(F)(F)F)c3)n2)C1. The number of methoxy groups -OCH3 is 1. The zero-order chi connectivity index (χ0) is 20.5. The van der Waals surface area contributed by atoms with Crippen LogP contribution in [-0.2, 0) is 20.5 Å². The Morgan fingerprint density at radius 1 is 1.25 bits per heavy atom. The van der Waals surface area contributed by atoms with Gasteiger partial charge in [0.1, 0.15) is 6.33 Å². The number of benzene rings is 1. The monoisotopic (exact) mass is 394 g/mol. The number of nitrogens with zero attached hydrogens (tertiary/aromatic N) is 4. The van der Waals surface area contributed by atoms with Crippen LogP contribution < -0.4 is 0 Å². The number of hydrogen-bond donors (Lipinski definition) is 0. The number of hydrogen-bond acceptors (Lipinski definition) is 5. The van der Waals surface area contributed by atoms with Crippen LogP contribution >= 0.6 is 0 Å². The summed E-state index contributed by atoms with van der Waals surface area (Å²) in [6.45, 7) is 2.12. The zero-order valence-corrected chi connectivity index (χ0v) is 15.1. The van der Waals surface area contributed by atoms with Crippen LogP contribution in [0.3, 0.4) is 0 Å². The third kappa shape index (κ3) is 4.21. The van der Waals surface area contributed by atoms with E-state index in [4.69, 9.17) is 0 Å². The van der Waals surface area contributed by atoms with Gasteiger partial charge in [-0.2, -0.15) is 13.2 Å². The highest BCUT2D eigenvalue weighted by molar-refractivity contribution is 5.92. The molecule has 0 unspecified atom stereocenters. The molecule has 148 valence electrons. The number of rotatable bonds is 4. The molecule has 0 N–H and O–H groups in total. The van der Waals surface area contributed by atoms with Crippen molar-refractivity contribution >= 4 is 18.1 Å². The van der Waals surface area contributed by atoms with Gasteiger partial charge in [-0.15, -0.1) is 5.10 Å². The third-order valence-electron chi connectivity index (χ3n) is 4.27. The zero-order valence-electron chi connectivity index (χ0n) is 15.1. The maximum atomic E-state index is 13.0. The average Bonchev–Trinajstić information content (AvgIpc) is 3.06. The van der Waals surface area contributed by atoms with Gasteiger partial charge in [-0.1, -0.05) is 0 Å². The standard InChI is InChI=1S/C18H17F3N4O3/c1-11-5-12(7-14(6-11)18(19,20)21)16-22-10-25(23-16)4-3-15(26)24-8-13(9-24)17(27)28-2/h3-7,10,13H,8-9H2,1-2H3/b4-3-. The summed E-state index contributed by atoms with van der Waals surface area (Å²) >= 11 is 0. The van der Waals surface area contributed by atoms with Crippen molar-refractivity contribution in [2.45, 2.75) is 13.1 Å². The second kappa shape index (κ2) is 7.45. The van der Waals surface area contributed by atoms with Gasteiger partial charge in [-0.05, 0) is 30.7 Å². The minimum atomic E-state index is -4.46. The number of aryl methyl sites for hydroxylation is 1. The van der Waals surface area contributed by atoms with E-state index in [0.717, 1.165) is 12.1 Å². The van der Waals surface area contributed by atoms with Gasteiger partial charge < -0.3 is 9.64 Å². The molecule has 1 fully saturated rings. The molecular weight excluding hydrogens is 377 g/mol. The van der Waals surface area contributed by atoms with Crippen LogP contribution in [-0.4, -0.2) is 51.7 Å². The number of likely N-dealkylation sites (tertiary alicyclic amines) is 1. The van der Waals surface area contributed by atoms with E-state index in [9.17, 15) is 22.8 Å². The van der Waals surface area contributed by atoms with Crippen LogP contribution in [0.5, 0.6) is 0 Å². The quantitative estimate of drug-likeness (QED) is 0.588. The number of aromatic nitrogens is 3. The highest BCUT2D eigenvalue weighted by Gasteiger charge is 2.35. The first-order valence-electron chi connectivity index (χ1n) is 8.32. The molecule has 2 heterocycles. The number of ether oxygens (including phenoxy) is 1. The average molecular weight is 394 g/mol. The molecule has 0 atom stereocenters. The van der Waals surface area contributed by atoms with Gasteiger partial charge in [0.25, 0.3) is 0 Å². The Morgan fingerprint density at radius 3 is 2.61 bits per heavy atom. The van der Waals surface area contributed by atoms with E-state index in [1.807, 2.05) is 0 Å². The molecule has 3 rings (SSSR count). The van der Waals surface area contributed by atoms with Gasteiger partial charge in [0, 0.05) is 30.9 Å². The first kappa shape index (κ1) is 19.6. The summed E-state index contributed by atoms with van der Waals surface area (Å²) < 4.78 is 44.7. The molecule has 0 saturated carbocycles. The third-order valence-corrected chi connectivity index (χ3v) is 4.27. The van der Waals surface area contributed by atoms with Crippen molar-refractivity contribution in [2.24, 2.45) is 5.92 Å². The van der Waals surface area contributed by atoms with E-state index in [0.29, 0.717) is 5.56 Å². The molecule has 1 aliphatic rings. The molecule has 1 aromatic heterocycles. The summed E-state index contributed by atoms with van der Waals surface area (Å²) in [5.74, 6) is -0.872. The Balaban J connectivity index is 1.68. The number of carbonyl (C=O) groups excluding carboxylic acids is 2. The van der Waals surface area contributed by atoms with Crippen molar-refractivity contribution in [3.8, 4) is 11.4 Å². The molecule has 2 aromatic rings. The van der Waals surface area contributed by atoms with Gasteiger partial charge in [0.05, 0.1) is 18.6 Å². The van der Waals surface area contributed by atoms with Gasteiger partial charge in [-0.3, -0.25) is 9.59 Å². The first-order chi connectivity index (χ1) is 13.2. The highest BCUT2D eigenvalue weighted by atomic mass is 19.4. The summed E-state index contributed by atoms with van der Waals surface area (Å²) in [6.07, 6.45) is -0.564. The summed E-state index contributed by atoms with van der Waals surface area (Å²) in [7, 11) is 1.29. The van der Waals surface area contributed by atoms with Crippen LogP contribution in [0.1, 0.15) is 11.1 Å². The van der Waals surface area contributed by atoms with E-state index in [1.165, 1.54) is 35.3 Å². The van der Waals surface area contributed by atoms with E-state index in [1.54, 1.807) is 13.0 Å². The number of alkyl halides is 3. The summed E-state index contributed by atoms with van der Waals surface area (Å²) in [6, 6.07) is 3.58. The molecule has 0 spiro atoms. The van der Waals surface area contributed by atoms with E-state index >= 15 is 0 Å². The fourth-order valence-corrected chi connectivity index (χ4v) is 2.77. The summed E-state index contributed by atoms with van der Waals surface area (Å²) in [5, 5.41) is 4.08. The fraction of sp³-hybridized carbons (Fsp3) is 0.333. The van der Waals surface area contributed by atoms with E-state index < -0.39 is 11.7 Å². The Morgan fingerprint density at radius 2 is 1.96 bits per heavy atom. The Bertz CT molecular complexity index is 930. The molecule has 10 heteroatoms. The number of esters is 1. The molecule has 0 bridgehead atoms. The van der Waals surface area contributed by atoms with Gasteiger partial charge in [0.2, 0.25) is 5.91 Å². The Labute approximate surface area is 158 Å². The van der Waals surface area contributed by atoms with Gasteiger partial charge >= 0.3 is 12.1 Å². The number of carbonyl (C=O) groups is 2. The lowest BCUT2D eigenvalue weighted by Crippen LogP contribution is -2.52. The van der Waals surface area contributed by atoms with Crippen molar-refractivity contribution in [2.75, 3.05) is 20.2 Å². The normalized spacial score (nSPS) is 15.0. The lowest BCUT2D eigenvalue weighted by atomic mass is 10.0. The van der Waals surface area contributed by atoms with Crippen LogP contribution in [0.25, 0.3) is 17.6 Å². The molecule has 0 aliphatic carbocycles. The predicted molar refractivity (Wildman–Crippen MR) is 92.6 cm³/mol. The topological polar surface area (TPSA) is 77.3 Å². The smallest absolute Gasteiger partial charge is 0.416 e.